The molecule has 100 valence electrons. The number of nitrogens with one attached hydrogen (secondary N) is 1. The second-order valence-electron chi connectivity index (χ2n) is 4.44. The van der Waals surface area contributed by atoms with Crippen LogP contribution in [0.25, 0.3) is 0 Å². The van der Waals surface area contributed by atoms with Crippen molar-refractivity contribution in [3.63, 3.8) is 0 Å². The molecule has 0 aliphatic heterocycles. The Morgan fingerprint density at radius 3 is 2.63 bits per heavy atom. The second-order valence-corrected chi connectivity index (χ2v) is 5.29. The highest BCUT2D eigenvalue weighted by atomic mass is 79.9. The lowest BCUT2D eigenvalue weighted by atomic mass is 10.2. The predicted octanol–water partition coefficient (Wildman–Crippen LogP) is 3.83. The number of hydrogen-bond donors (Lipinski definition) is 2. The van der Waals surface area contributed by atoms with Gasteiger partial charge in [0.1, 0.15) is 23.3 Å². The summed E-state index contributed by atoms with van der Waals surface area (Å²) < 4.78 is 13.6. The molecule has 3 N–H and O–H groups in total. The van der Waals surface area contributed by atoms with E-state index in [1.54, 1.807) is 12.1 Å². The minimum atomic E-state index is -0.303. The van der Waals surface area contributed by atoms with Gasteiger partial charge in [-0.2, -0.15) is 0 Å². The van der Waals surface area contributed by atoms with E-state index in [-0.39, 0.29) is 11.7 Å². The summed E-state index contributed by atoms with van der Waals surface area (Å²) in [5.74, 6) is 1.53. The highest BCUT2D eigenvalue weighted by Crippen LogP contribution is 2.26. The van der Waals surface area contributed by atoms with Crippen LogP contribution in [0.2, 0.25) is 0 Å². The average Bonchev–Trinajstić information content (AvgIpc) is 2.32. The Morgan fingerprint density at radius 1 is 1.26 bits per heavy atom. The summed E-state index contributed by atoms with van der Waals surface area (Å²) in [4.78, 5) is 8.54. The maximum Gasteiger partial charge on any atom is 0.136 e. The predicted molar refractivity (Wildman–Crippen MR) is 77.9 cm³/mol. The van der Waals surface area contributed by atoms with Crippen molar-refractivity contribution in [2.45, 2.75) is 19.8 Å². The molecule has 0 aliphatic carbocycles. The van der Waals surface area contributed by atoms with Crippen molar-refractivity contribution in [2.24, 2.45) is 0 Å². The van der Waals surface area contributed by atoms with Gasteiger partial charge in [0.05, 0.1) is 5.69 Å². The lowest BCUT2D eigenvalue weighted by Gasteiger charge is -2.11. The van der Waals surface area contributed by atoms with E-state index >= 15 is 0 Å². The van der Waals surface area contributed by atoms with Crippen molar-refractivity contribution < 1.29 is 4.39 Å². The molecular formula is C13H14BrFN4. The summed E-state index contributed by atoms with van der Waals surface area (Å²) in [6.07, 6.45) is 0. The van der Waals surface area contributed by atoms with E-state index in [0.29, 0.717) is 27.6 Å². The molecule has 2 rings (SSSR count). The van der Waals surface area contributed by atoms with Crippen LogP contribution in [-0.2, 0) is 0 Å². The fourth-order valence-electron chi connectivity index (χ4n) is 1.54. The number of rotatable bonds is 3. The van der Waals surface area contributed by atoms with Crippen LogP contribution in [0.1, 0.15) is 25.6 Å². The first-order valence-electron chi connectivity index (χ1n) is 5.82. The third-order valence-electron chi connectivity index (χ3n) is 2.47. The van der Waals surface area contributed by atoms with E-state index in [1.807, 2.05) is 13.8 Å². The zero-order chi connectivity index (χ0) is 14.0. The smallest absolute Gasteiger partial charge is 0.136 e. The Bertz CT molecular complexity index is 601. The molecule has 4 nitrogen and oxygen atoms in total. The zero-order valence-corrected chi connectivity index (χ0v) is 12.2. The number of anilines is 3. The van der Waals surface area contributed by atoms with Crippen LogP contribution >= 0.6 is 15.9 Å². The molecule has 0 saturated heterocycles. The molecule has 0 spiro atoms. The zero-order valence-electron chi connectivity index (χ0n) is 10.6. The van der Waals surface area contributed by atoms with Crippen LogP contribution < -0.4 is 11.1 Å². The maximum absolute atomic E-state index is 13.0. The van der Waals surface area contributed by atoms with Crippen LogP contribution in [0.5, 0.6) is 0 Å². The van der Waals surface area contributed by atoms with Gasteiger partial charge in [-0.3, -0.25) is 0 Å². The summed E-state index contributed by atoms with van der Waals surface area (Å²) in [7, 11) is 0. The molecule has 1 aromatic carbocycles. The van der Waals surface area contributed by atoms with Crippen LogP contribution in [0.4, 0.5) is 21.7 Å². The third-order valence-corrected chi connectivity index (χ3v) is 3.13. The van der Waals surface area contributed by atoms with Crippen LogP contribution in [0.3, 0.4) is 0 Å². The SMILES string of the molecule is CC(C)c1nc(N)cc(Nc2ccc(F)cc2Br)n1. The fourth-order valence-corrected chi connectivity index (χ4v) is 1.99. The van der Waals surface area contributed by atoms with Crippen molar-refractivity contribution in [3.8, 4) is 0 Å². The van der Waals surface area contributed by atoms with Gasteiger partial charge in [-0.1, -0.05) is 13.8 Å². The summed E-state index contributed by atoms with van der Waals surface area (Å²) in [6.45, 7) is 3.98. The first-order valence-corrected chi connectivity index (χ1v) is 6.61. The molecule has 0 fully saturated rings. The number of aromatic nitrogens is 2. The standard InChI is InChI=1S/C13H14BrFN4/c1-7(2)13-18-11(16)6-12(19-13)17-10-4-3-8(15)5-9(10)14/h3-7H,1-2H3,(H3,16,17,18,19). The Morgan fingerprint density at radius 2 is 2.00 bits per heavy atom. The summed E-state index contributed by atoms with van der Waals surface area (Å²) >= 11 is 3.29. The highest BCUT2D eigenvalue weighted by Gasteiger charge is 2.08. The molecule has 1 heterocycles. The van der Waals surface area contributed by atoms with E-state index in [9.17, 15) is 4.39 Å². The maximum atomic E-state index is 13.0. The second kappa shape index (κ2) is 5.52. The Hall–Kier alpha value is -1.69. The molecule has 2 aromatic rings. The van der Waals surface area contributed by atoms with E-state index in [0.717, 1.165) is 0 Å². The first-order chi connectivity index (χ1) is 8.95. The molecule has 1 aromatic heterocycles. The topological polar surface area (TPSA) is 63.8 Å². The van der Waals surface area contributed by atoms with Crippen molar-refractivity contribution in [1.82, 2.24) is 9.97 Å². The number of nitrogens with zero attached hydrogens (tertiary/aromatic N) is 2. The van der Waals surface area contributed by atoms with Gasteiger partial charge in [0.25, 0.3) is 0 Å². The molecule has 0 amide bonds. The molecule has 0 bridgehead atoms. The number of benzene rings is 1. The van der Waals surface area contributed by atoms with Crippen molar-refractivity contribution in [3.05, 3.63) is 40.4 Å². The minimum absolute atomic E-state index is 0.181. The largest absolute Gasteiger partial charge is 0.384 e. The average molecular weight is 325 g/mol. The van der Waals surface area contributed by atoms with E-state index < -0.39 is 0 Å². The number of nitrogens with two attached hydrogens (primary N) is 1. The van der Waals surface area contributed by atoms with Crippen molar-refractivity contribution in [1.29, 1.82) is 0 Å². The Balaban J connectivity index is 2.32. The number of halogens is 2. The fraction of sp³-hybridized carbons (Fsp3) is 0.231. The molecule has 0 atom stereocenters. The van der Waals surface area contributed by atoms with Gasteiger partial charge in [-0.25, -0.2) is 14.4 Å². The molecular weight excluding hydrogens is 311 g/mol. The van der Waals surface area contributed by atoms with Gasteiger partial charge in [0.15, 0.2) is 0 Å². The molecule has 0 saturated carbocycles. The normalized spacial score (nSPS) is 10.8. The Labute approximate surface area is 119 Å². The van der Waals surface area contributed by atoms with Gasteiger partial charge in [0.2, 0.25) is 0 Å². The number of nitrogen functional groups attached to an aromatic ring is 1. The summed E-state index contributed by atoms with van der Waals surface area (Å²) in [6, 6.07) is 6.03. The quantitative estimate of drug-likeness (QED) is 0.900. The first kappa shape index (κ1) is 13.7. The monoisotopic (exact) mass is 324 g/mol. The lowest BCUT2D eigenvalue weighted by molar-refractivity contribution is 0.627. The van der Waals surface area contributed by atoms with E-state index in [1.165, 1.54) is 12.1 Å². The molecule has 0 aliphatic rings. The van der Waals surface area contributed by atoms with Gasteiger partial charge in [-0.05, 0) is 34.1 Å². The molecule has 0 unspecified atom stereocenters. The summed E-state index contributed by atoms with van der Waals surface area (Å²) in [5, 5.41) is 3.09. The molecule has 19 heavy (non-hydrogen) atoms. The Kier molecular flexibility index (Phi) is 3.99. The van der Waals surface area contributed by atoms with Gasteiger partial charge < -0.3 is 11.1 Å². The third kappa shape index (κ3) is 3.41. The van der Waals surface area contributed by atoms with E-state index in [4.69, 9.17) is 5.73 Å². The molecule has 0 radical (unpaired) electrons. The minimum Gasteiger partial charge on any atom is -0.384 e. The number of hydrogen-bond acceptors (Lipinski definition) is 4. The van der Waals surface area contributed by atoms with Crippen LogP contribution in [0, 0.1) is 5.82 Å². The van der Waals surface area contributed by atoms with E-state index in [2.05, 4.69) is 31.2 Å². The van der Waals surface area contributed by atoms with Crippen molar-refractivity contribution in [2.75, 3.05) is 11.1 Å². The van der Waals surface area contributed by atoms with Gasteiger partial charge in [0, 0.05) is 16.5 Å². The van der Waals surface area contributed by atoms with Crippen LogP contribution in [0.15, 0.2) is 28.7 Å². The summed E-state index contributed by atoms with van der Waals surface area (Å²) in [5.41, 5.74) is 6.47. The van der Waals surface area contributed by atoms with Gasteiger partial charge in [-0.15, -0.1) is 0 Å². The van der Waals surface area contributed by atoms with Gasteiger partial charge >= 0.3 is 0 Å². The highest BCUT2D eigenvalue weighted by molar-refractivity contribution is 9.10. The molecule has 6 heteroatoms. The van der Waals surface area contributed by atoms with Crippen molar-refractivity contribution >= 4 is 33.3 Å². The lowest BCUT2D eigenvalue weighted by Crippen LogP contribution is -2.05. The van der Waals surface area contributed by atoms with Crippen LogP contribution in [-0.4, -0.2) is 9.97 Å².